The van der Waals surface area contributed by atoms with Gasteiger partial charge in [-0.3, -0.25) is 0 Å². The zero-order chi connectivity index (χ0) is 6.24. The summed E-state index contributed by atoms with van der Waals surface area (Å²) in [5.74, 6) is 0. The minimum atomic E-state index is 0. The molecular weight excluding hydrogens is 132 g/mol. The van der Waals surface area contributed by atoms with E-state index in [2.05, 4.69) is 13.8 Å². The van der Waals surface area contributed by atoms with E-state index in [-0.39, 0.29) is 30.5 Å². The average Bonchev–Trinajstić information content (AvgIpc) is 1.81. The van der Waals surface area contributed by atoms with Gasteiger partial charge < -0.3 is 14.4 Å². The number of hydrogen-bond donors (Lipinski definition) is 0. The average molecular weight is 153 g/mol. The molecule has 58 valence electrons. The molecule has 0 bridgehead atoms. The molecule has 0 saturated carbocycles. The van der Waals surface area contributed by atoms with Gasteiger partial charge in [-0.15, -0.1) is 0 Å². The number of unbranched alkanes of at least 4 members (excludes halogenated alkanes) is 5. The van der Waals surface area contributed by atoms with Crippen molar-refractivity contribution in [3.8, 4) is 0 Å². The largest absolute Gasteiger partial charge is 2.00 e. The summed E-state index contributed by atoms with van der Waals surface area (Å²) in [7, 11) is 0. The molecule has 0 aliphatic heterocycles. The quantitative estimate of drug-likeness (QED) is 0.322. The van der Waals surface area contributed by atoms with Gasteiger partial charge in [-0.25, -0.2) is 0 Å². The Bertz CT molecular complexity index is 29.7. The third kappa shape index (κ3) is 15.9. The Morgan fingerprint density at radius 2 is 1.50 bits per heavy atom. The van der Waals surface area contributed by atoms with Crippen molar-refractivity contribution in [2.45, 2.75) is 45.4 Å². The molecule has 0 N–H and O–H groups in total. The molecule has 10 heavy (non-hydrogen) atoms. The van der Waals surface area contributed by atoms with Gasteiger partial charge in [-0.1, -0.05) is 39.0 Å². The topological polar surface area (TPSA) is 0 Å². The Balaban J connectivity index is -0.000000245. The van der Waals surface area contributed by atoms with Crippen LogP contribution in [0.2, 0.25) is 0 Å². The van der Waals surface area contributed by atoms with E-state index >= 15 is 0 Å². The summed E-state index contributed by atoms with van der Waals surface area (Å²) >= 11 is 0. The smallest absolute Gasteiger partial charge is 0.358 e. The molecule has 0 saturated heterocycles. The summed E-state index contributed by atoms with van der Waals surface area (Å²) < 4.78 is 0. The van der Waals surface area contributed by atoms with Crippen LogP contribution >= 0.6 is 0 Å². The van der Waals surface area contributed by atoms with Crippen molar-refractivity contribution < 1.29 is 0 Å². The Hall–Kier alpha value is 0.766. The summed E-state index contributed by atoms with van der Waals surface area (Å²) in [6, 6.07) is 0. The molecule has 0 atom stereocenters. The van der Waals surface area contributed by atoms with Crippen molar-refractivity contribution in [2.24, 2.45) is 0 Å². The van der Waals surface area contributed by atoms with E-state index in [9.17, 15) is 0 Å². The first-order valence-electron chi connectivity index (χ1n) is 3.71. The molecule has 0 unspecified atom stereocenters. The molecule has 0 aliphatic rings. The summed E-state index contributed by atoms with van der Waals surface area (Å²) in [6.07, 6.45) is 7.98. The van der Waals surface area contributed by atoms with Gasteiger partial charge >= 0.3 is 23.1 Å². The first kappa shape index (κ1) is 17.0. The van der Waals surface area contributed by atoms with E-state index in [0.717, 1.165) is 6.42 Å². The van der Waals surface area contributed by atoms with Crippen LogP contribution in [0.3, 0.4) is 0 Å². The van der Waals surface area contributed by atoms with E-state index in [1.807, 2.05) is 0 Å². The molecule has 0 aromatic rings. The Labute approximate surface area is 82.9 Å². The van der Waals surface area contributed by atoms with Crippen LogP contribution in [0, 0.1) is 14.4 Å². The Morgan fingerprint density at radius 3 is 1.90 bits per heavy atom. The number of rotatable bonds is 5. The zero-order valence-corrected chi connectivity index (χ0v) is 9.07. The summed E-state index contributed by atoms with van der Waals surface area (Å²) in [6.45, 7) is 6.02. The SMILES string of the molecule is [CH2-]CCCCCCC.[CH3-].[Mg+2]. The molecule has 0 aliphatic carbocycles. The van der Waals surface area contributed by atoms with Crippen LogP contribution in [-0.4, -0.2) is 23.1 Å². The van der Waals surface area contributed by atoms with E-state index in [1.165, 1.54) is 32.1 Å². The molecule has 0 spiro atoms. The first-order valence-corrected chi connectivity index (χ1v) is 3.71. The summed E-state index contributed by atoms with van der Waals surface area (Å²) in [5, 5.41) is 0. The van der Waals surface area contributed by atoms with Crippen LogP contribution in [0.15, 0.2) is 0 Å². The van der Waals surface area contributed by atoms with Crippen molar-refractivity contribution in [3.63, 3.8) is 0 Å². The van der Waals surface area contributed by atoms with Crippen molar-refractivity contribution in [1.29, 1.82) is 0 Å². The molecule has 0 rings (SSSR count). The maximum atomic E-state index is 3.78. The van der Waals surface area contributed by atoms with E-state index in [0.29, 0.717) is 0 Å². The fourth-order valence-electron chi connectivity index (χ4n) is 0.780. The minimum absolute atomic E-state index is 0. The standard InChI is InChI=1S/C8H17.CH3.Mg/c1-3-5-7-8-6-4-2;;/h1,3-8H2,2H3;1H3;/q2*-1;+2. The molecule has 0 heterocycles. The second kappa shape index (κ2) is 16.4. The molecule has 0 nitrogen and oxygen atoms in total. The van der Waals surface area contributed by atoms with Crippen LogP contribution in [0.25, 0.3) is 0 Å². The molecule has 1 heteroatoms. The van der Waals surface area contributed by atoms with Gasteiger partial charge in [0.15, 0.2) is 0 Å². The fraction of sp³-hybridized carbons (Fsp3) is 0.778. The maximum Gasteiger partial charge on any atom is 2.00 e. The molecule has 0 fully saturated rings. The van der Waals surface area contributed by atoms with Gasteiger partial charge in [0, 0.05) is 0 Å². The third-order valence-corrected chi connectivity index (χ3v) is 1.35. The maximum absolute atomic E-state index is 3.78. The minimum Gasteiger partial charge on any atom is -0.358 e. The normalized spacial score (nSPS) is 7.80. The van der Waals surface area contributed by atoms with E-state index < -0.39 is 0 Å². The van der Waals surface area contributed by atoms with Crippen molar-refractivity contribution in [1.82, 2.24) is 0 Å². The molecular formula is C9H20Mg. The monoisotopic (exact) mass is 152 g/mol. The summed E-state index contributed by atoms with van der Waals surface area (Å²) in [4.78, 5) is 0. The van der Waals surface area contributed by atoms with Crippen molar-refractivity contribution in [3.05, 3.63) is 14.4 Å². The Kier molecular flexibility index (Phi) is 27.9. The molecule has 0 aromatic carbocycles. The predicted molar refractivity (Wildman–Crippen MR) is 50.9 cm³/mol. The summed E-state index contributed by atoms with van der Waals surface area (Å²) in [5.41, 5.74) is 0. The second-order valence-electron chi connectivity index (χ2n) is 2.27. The van der Waals surface area contributed by atoms with Gasteiger partial charge in [-0.2, -0.15) is 6.42 Å². The van der Waals surface area contributed by atoms with Crippen LogP contribution in [-0.2, 0) is 0 Å². The zero-order valence-electron chi connectivity index (χ0n) is 7.66. The van der Waals surface area contributed by atoms with E-state index in [4.69, 9.17) is 0 Å². The van der Waals surface area contributed by atoms with Crippen LogP contribution in [0.5, 0.6) is 0 Å². The second-order valence-corrected chi connectivity index (χ2v) is 2.27. The third-order valence-electron chi connectivity index (χ3n) is 1.35. The van der Waals surface area contributed by atoms with Crippen molar-refractivity contribution in [2.75, 3.05) is 0 Å². The van der Waals surface area contributed by atoms with Gasteiger partial charge in [0.05, 0.1) is 0 Å². The van der Waals surface area contributed by atoms with Crippen LogP contribution < -0.4 is 0 Å². The van der Waals surface area contributed by atoms with Crippen LogP contribution in [0.4, 0.5) is 0 Å². The number of hydrogen-bond acceptors (Lipinski definition) is 0. The molecule has 0 amide bonds. The predicted octanol–water partition coefficient (Wildman–Crippen LogP) is 3.25. The first-order chi connectivity index (χ1) is 3.91. The van der Waals surface area contributed by atoms with Crippen molar-refractivity contribution >= 4 is 23.1 Å². The molecule has 0 radical (unpaired) electrons. The van der Waals surface area contributed by atoms with Gasteiger partial charge in [-0.05, 0) is 0 Å². The van der Waals surface area contributed by atoms with E-state index in [1.54, 1.807) is 0 Å². The Morgan fingerprint density at radius 1 is 1.00 bits per heavy atom. The van der Waals surface area contributed by atoms with Gasteiger partial charge in [0.1, 0.15) is 0 Å². The molecule has 0 aromatic heterocycles. The van der Waals surface area contributed by atoms with Gasteiger partial charge in [0.2, 0.25) is 0 Å². The van der Waals surface area contributed by atoms with Crippen LogP contribution in [0.1, 0.15) is 45.4 Å². The van der Waals surface area contributed by atoms with Gasteiger partial charge in [0.25, 0.3) is 0 Å². The fourth-order valence-corrected chi connectivity index (χ4v) is 0.780.